The number of amides is 3. The third-order valence-electron chi connectivity index (χ3n) is 4.43. The lowest BCUT2D eigenvalue weighted by atomic mass is 10.1. The molecule has 1 heterocycles. The van der Waals surface area contributed by atoms with Crippen LogP contribution in [0.15, 0.2) is 36.4 Å². The van der Waals surface area contributed by atoms with Gasteiger partial charge in [0.25, 0.3) is 11.8 Å². The zero-order chi connectivity index (χ0) is 23.4. The van der Waals surface area contributed by atoms with Gasteiger partial charge in [0, 0.05) is 17.7 Å². The van der Waals surface area contributed by atoms with E-state index in [1.54, 1.807) is 0 Å². The zero-order valence-corrected chi connectivity index (χ0v) is 19.2. The summed E-state index contributed by atoms with van der Waals surface area (Å²) in [6, 6.07) is 8.76. The topological polar surface area (TPSA) is 105 Å². The molecule has 0 saturated carbocycles. The quantitative estimate of drug-likeness (QED) is 0.563. The number of rotatable bonds is 6. The summed E-state index contributed by atoms with van der Waals surface area (Å²) in [5.74, 6) is -3.23. The van der Waals surface area contributed by atoms with Gasteiger partial charge in [-0.3, -0.25) is 29.6 Å². The summed E-state index contributed by atoms with van der Waals surface area (Å²) in [4.78, 5) is 48.8. The summed E-state index contributed by atoms with van der Waals surface area (Å²) in [5.41, 5.74) is 2.99. The first-order chi connectivity index (χ1) is 15.1. The fraction of sp³-hybridized carbons (Fsp3) is 0.200. The minimum Gasteiger partial charge on any atom is -0.455 e. The van der Waals surface area contributed by atoms with Gasteiger partial charge in [0.1, 0.15) is 0 Å². The maximum absolute atomic E-state index is 12.3. The van der Waals surface area contributed by atoms with E-state index in [1.807, 2.05) is 0 Å². The molecule has 0 radical (unpaired) electrons. The Morgan fingerprint density at radius 2 is 1.62 bits per heavy atom. The number of halogens is 4. The standard InChI is InChI=1S/C20H15Cl4N3O5/c21-13-3-1-10(5-15(13)23)19(30)26-27-8-11(6-18(27)29)20(31)32-9-17(28)25-12-2-4-14(22)16(24)7-12/h1-5,7,11H,6,8-9H2,(H,25,28)(H,26,30)/t11-/m1/s1. The number of esters is 1. The van der Waals surface area contributed by atoms with Gasteiger partial charge in [-0.2, -0.15) is 0 Å². The summed E-state index contributed by atoms with van der Waals surface area (Å²) < 4.78 is 5.00. The average Bonchev–Trinajstić information content (AvgIpc) is 3.11. The van der Waals surface area contributed by atoms with E-state index in [2.05, 4.69) is 10.7 Å². The number of carbonyl (C=O) groups excluding carboxylic acids is 4. The van der Waals surface area contributed by atoms with E-state index in [9.17, 15) is 19.2 Å². The second-order valence-corrected chi connectivity index (χ2v) is 8.39. The SMILES string of the molecule is O=C(COC(=O)[C@@H]1CC(=O)N(NC(=O)c2ccc(Cl)c(Cl)c2)C1)Nc1ccc(Cl)c(Cl)c1. The summed E-state index contributed by atoms with van der Waals surface area (Å²) in [6.45, 7) is -0.654. The maximum Gasteiger partial charge on any atom is 0.311 e. The van der Waals surface area contributed by atoms with Crippen molar-refractivity contribution in [1.82, 2.24) is 10.4 Å². The van der Waals surface area contributed by atoms with Crippen LogP contribution in [0.1, 0.15) is 16.8 Å². The Balaban J connectivity index is 1.49. The highest BCUT2D eigenvalue weighted by Crippen LogP contribution is 2.25. The van der Waals surface area contributed by atoms with Gasteiger partial charge in [0.05, 0.1) is 32.6 Å². The highest BCUT2D eigenvalue weighted by molar-refractivity contribution is 6.42. The van der Waals surface area contributed by atoms with Crippen molar-refractivity contribution >= 4 is 75.8 Å². The molecule has 1 fully saturated rings. The highest BCUT2D eigenvalue weighted by Gasteiger charge is 2.36. The summed E-state index contributed by atoms with van der Waals surface area (Å²) in [7, 11) is 0. The van der Waals surface area contributed by atoms with Crippen LogP contribution in [0.25, 0.3) is 0 Å². The molecule has 0 unspecified atom stereocenters. The Bertz CT molecular complexity index is 1090. The molecular formula is C20H15Cl4N3O5. The van der Waals surface area contributed by atoms with Crippen molar-refractivity contribution < 1.29 is 23.9 Å². The van der Waals surface area contributed by atoms with Crippen LogP contribution in [-0.2, 0) is 19.1 Å². The number of anilines is 1. The molecule has 0 spiro atoms. The minimum atomic E-state index is -0.839. The van der Waals surface area contributed by atoms with Gasteiger partial charge in [0.2, 0.25) is 5.91 Å². The van der Waals surface area contributed by atoms with Crippen molar-refractivity contribution in [1.29, 1.82) is 0 Å². The molecule has 3 rings (SSSR count). The van der Waals surface area contributed by atoms with Gasteiger partial charge in [-0.15, -0.1) is 0 Å². The van der Waals surface area contributed by atoms with Crippen molar-refractivity contribution in [2.24, 2.45) is 5.92 Å². The van der Waals surface area contributed by atoms with E-state index in [0.29, 0.717) is 10.7 Å². The molecule has 3 amide bonds. The molecule has 1 aliphatic rings. The Hall–Kier alpha value is -2.52. The predicted octanol–water partition coefficient (Wildman–Crippen LogP) is 3.98. The molecule has 32 heavy (non-hydrogen) atoms. The molecule has 168 valence electrons. The fourth-order valence-electron chi connectivity index (χ4n) is 2.82. The molecule has 1 atom stereocenters. The van der Waals surface area contributed by atoms with Gasteiger partial charge >= 0.3 is 5.97 Å². The van der Waals surface area contributed by atoms with E-state index < -0.39 is 36.2 Å². The summed E-state index contributed by atoms with van der Waals surface area (Å²) >= 11 is 23.4. The summed E-state index contributed by atoms with van der Waals surface area (Å²) in [6.07, 6.45) is -0.172. The molecule has 1 aliphatic heterocycles. The van der Waals surface area contributed by atoms with Gasteiger partial charge in [0.15, 0.2) is 6.61 Å². The van der Waals surface area contributed by atoms with Crippen LogP contribution in [0.3, 0.4) is 0 Å². The molecule has 0 aromatic heterocycles. The van der Waals surface area contributed by atoms with E-state index in [1.165, 1.54) is 36.4 Å². The van der Waals surface area contributed by atoms with Crippen LogP contribution in [0.4, 0.5) is 5.69 Å². The normalized spacial score (nSPS) is 15.4. The number of hydrogen-bond acceptors (Lipinski definition) is 5. The predicted molar refractivity (Wildman–Crippen MR) is 120 cm³/mol. The number of ether oxygens (including phenoxy) is 1. The highest BCUT2D eigenvalue weighted by atomic mass is 35.5. The van der Waals surface area contributed by atoms with E-state index >= 15 is 0 Å². The van der Waals surface area contributed by atoms with Crippen LogP contribution in [0.2, 0.25) is 20.1 Å². The number of hydrazine groups is 1. The Kier molecular flexibility index (Phi) is 7.84. The second kappa shape index (κ2) is 10.4. The molecule has 1 saturated heterocycles. The van der Waals surface area contributed by atoms with Crippen molar-refractivity contribution in [3.05, 3.63) is 62.1 Å². The van der Waals surface area contributed by atoms with E-state index in [4.69, 9.17) is 51.1 Å². The van der Waals surface area contributed by atoms with Gasteiger partial charge in [-0.1, -0.05) is 46.4 Å². The van der Waals surface area contributed by atoms with Gasteiger partial charge < -0.3 is 10.1 Å². The fourth-order valence-corrected chi connectivity index (χ4v) is 3.42. The second-order valence-electron chi connectivity index (χ2n) is 6.76. The molecule has 8 nitrogen and oxygen atoms in total. The molecule has 12 heteroatoms. The van der Waals surface area contributed by atoms with Crippen molar-refractivity contribution in [3.63, 3.8) is 0 Å². The van der Waals surface area contributed by atoms with Crippen LogP contribution in [0.5, 0.6) is 0 Å². The van der Waals surface area contributed by atoms with Gasteiger partial charge in [-0.25, -0.2) is 0 Å². The molecule has 2 aromatic rings. The van der Waals surface area contributed by atoms with Crippen LogP contribution in [-0.4, -0.2) is 41.9 Å². The smallest absolute Gasteiger partial charge is 0.311 e. The first kappa shape index (κ1) is 24.1. The molecule has 2 N–H and O–H groups in total. The van der Waals surface area contributed by atoms with E-state index in [0.717, 1.165) is 5.01 Å². The minimum absolute atomic E-state index is 0.0981. The van der Waals surface area contributed by atoms with Crippen LogP contribution >= 0.6 is 46.4 Å². The monoisotopic (exact) mass is 517 g/mol. The largest absolute Gasteiger partial charge is 0.455 e. The maximum atomic E-state index is 12.3. The molecule has 0 bridgehead atoms. The Labute approximate surface area is 202 Å². The number of benzene rings is 2. The van der Waals surface area contributed by atoms with Crippen LogP contribution < -0.4 is 10.7 Å². The lowest BCUT2D eigenvalue weighted by molar-refractivity contribution is -0.151. The Morgan fingerprint density at radius 3 is 2.28 bits per heavy atom. The number of hydrogen-bond donors (Lipinski definition) is 2. The first-order valence-corrected chi connectivity index (χ1v) is 10.6. The number of nitrogens with zero attached hydrogens (tertiary/aromatic N) is 1. The lowest BCUT2D eigenvalue weighted by Gasteiger charge is -2.17. The molecule has 2 aromatic carbocycles. The first-order valence-electron chi connectivity index (χ1n) is 9.12. The van der Waals surface area contributed by atoms with Crippen molar-refractivity contribution in [2.75, 3.05) is 18.5 Å². The van der Waals surface area contributed by atoms with Crippen molar-refractivity contribution in [3.8, 4) is 0 Å². The number of carbonyl (C=O) groups is 4. The van der Waals surface area contributed by atoms with Gasteiger partial charge in [-0.05, 0) is 36.4 Å². The van der Waals surface area contributed by atoms with Crippen LogP contribution in [0, 0.1) is 5.92 Å². The average molecular weight is 519 g/mol. The zero-order valence-electron chi connectivity index (χ0n) is 16.2. The van der Waals surface area contributed by atoms with E-state index in [-0.39, 0.29) is 33.6 Å². The number of nitrogens with one attached hydrogen (secondary N) is 2. The lowest BCUT2D eigenvalue weighted by Crippen LogP contribution is -2.43. The summed E-state index contributed by atoms with van der Waals surface area (Å²) in [5, 5.41) is 4.59. The third-order valence-corrected chi connectivity index (χ3v) is 5.90. The van der Waals surface area contributed by atoms with Crippen molar-refractivity contribution in [2.45, 2.75) is 6.42 Å². The Morgan fingerprint density at radius 1 is 0.969 bits per heavy atom. The molecular weight excluding hydrogens is 504 g/mol. The molecule has 0 aliphatic carbocycles. The third kappa shape index (κ3) is 6.04.